The van der Waals surface area contributed by atoms with Crippen LogP contribution in [0.4, 0.5) is 0 Å². The topological polar surface area (TPSA) is 62.1 Å². The number of hydrogen-bond donors (Lipinski definition) is 1. The molecule has 0 spiro atoms. The number of hydrogen-bond acceptors (Lipinski definition) is 3. The zero-order chi connectivity index (χ0) is 16.8. The average molecular weight is 312 g/mol. The lowest BCUT2D eigenvalue weighted by Crippen LogP contribution is -2.41. The quantitative estimate of drug-likeness (QED) is 0.682. The maximum atomic E-state index is 12.4. The van der Waals surface area contributed by atoms with Crippen LogP contribution in [0.2, 0.25) is 0 Å². The van der Waals surface area contributed by atoms with E-state index in [2.05, 4.69) is 12.2 Å². The van der Waals surface area contributed by atoms with Gasteiger partial charge in [-0.3, -0.25) is 4.79 Å². The summed E-state index contributed by atoms with van der Waals surface area (Å²) < 4.78 is 5.28. The van der Waals surface area contributed by atoms with Crippen LogP contribution in [0.5, 0.6) is 5.75 Å². The van der Waals surface area contributed by atoms with E-state index in [0.717, 1.165) is 36.1 Å². The Hall–Kier alpha value is -2.28. The Morgan fingerprint density at radius 1 is 1.39 bits per heavy atom. The van der Waals surface area contributed by atoms with Crippen molar-refractivity contribution in [3.05, 3.63) is 34.9 Å². The number of nitrogens with one attached hydrogen (secondary N) is 1. The summed E-state index contributed by atoms with van der Waals surface area (Å²) in [5.74, 6) is 0.926. The lowest BCUT2D eigenvalue weighted by Gasteiger charge is -2.29. The van der Waals surface area contributed by atoms with Gasteiger partial charge in [0.1, 0.15) is 17.4 Å². The molecule has 1 aliphatic carbocycles. The molecule has 1 fully saturated rings. The molecule has 0 aromatic heterocycles. The van der Waals surface area contributed by atoms with Crippen molar-refractivity contribution < 1.29 is 9.53 Å². The number of ether oxygens (including phenoxy) is 1. The van der Waals surface area contributed by atoms with E-state index in [1.54, 1.807) is 13.2 Å². The van der Waals surface area contributed by atoms with E-state index in [1.807, 2.05) is 31.2 Å². The molecule has 0 radical (unpaired) electrons. The van der Waals surface area contributed by atoms with Crippen LogP contribution in [0.3, 0.4) is 0 Å². The lowest BCUT2D eigenvalue weighted by atomic mass is 9.86. The first-order valence-electron chi connectivity index (χ1n) is 8.12. The molecular formula is C19H24N2O2. The van der Waals surface area contributed by atoms with Crippen LogP contribution in [-0.2, 0) is 4.79 Å². The Bertz CT molecular complexity index is 643. The maximum absolute atomic E-state index is 12.4. The highest BCUT2D eigenvalue weighted by molar-refractivity contribution is 6.01. The minimum absolute atomic E-state index is 0.133. The Balaban J connectivity index is 2.15. The second-order valence-corrected chi connectivity index (χ2v) is 6.24. The molecule has 2 atom stereocenters. The van der Waals surface area contributed by atoms with Gasteiger partial charge < -0.3 is 10.1 Å². The smallest absolute Gasteiger partial charge is 0.262 e. The van der Waals surface area contributed by atoms with Gasteiger partial charge in [-0.05, 0) is 49.0 Å². The third-order valence-electron chi connectivity index (χ3n) is 4.54. The van der Waals surface area contributed by atoms with Gasteiger partial charge in [-0.25, -0.2) is 0 Å². The molecule has 2 rings (SSSR count). The number of rotatable bonds is 4. The van der Waals surface area contributed by atoms with Crippen molar-refractivity contribution >= 4 is 12.0 Å². The number of benzene rings is 1. The number of nitrogens with zero attached hydrogens (tertiary/aromatic N) is 1. The second-order valence-electron chi connectivity index (χ2n) is 6.24. The summed E-state index contributed by atoms with van der Waals surface area (Å²) >= 11 is 0. The van der Waals surface area contributed by atoms with E-state index in [9.17, 15) is 10.1 Å². The molecule has 1 aromatic carbocycles. The van der Waals surface area contributed by atoms with Crippen LogP contribution in [0, 0.1) is 24.2 Å². The highest BCUT2D eigenvalue weighted by Gasteiger charge is 2.24. The lowest BCUT2D eigenvalue weighted by molar-refractivity contribution is -0.118. The summed E-state index contributed by atoms with van der Waals surface area (Å²) in [5, 5.41) is 12.3. The molecule has 0 heterocycles. The molecule has 1 aliphatic rings. The number of nitriles is 1. The van der Waals surface area contributed by atoms with Crippen molar-refractivity contribution in [2.75, 3.05) is 7.11 Å². The third-order valence-corrected chi connectivity index (χ3v) is 4.54. The van der Waals surface area contributed by atoms with Crippen LogP contribution in [-0.4, -0.2) is 19.1 Å². The fraction of sp³-hybridized carbons (Fsp3) is 0.474. The van der Waals surface area contributed by atoms with Crippen LogP contribution in [0.25, 0.3) is 6.08 Å². The Kier molecular flexibility index (Phi) is 5.81. The van der Waals surface area contributed by atoms with Crippen molar-refractivity contribution in [2.24, 2.45) is 5.92 Å². The van der Waals surface area contributed by atoms with Crippen LogP contribution < -0.4 is 10.1 Å². The first-order valence-corrected chi connectivity index (χ1v) is 8.12. The second kappa shape index (κ2) is 7.82. The van der Waals surface area contributed by atoms with Gasteiger partial charge in [0, 0.05) is 6.04 Å². The van der Waals surface area contributed by atoms with Gasteiger partial charge in [-0.15, -0.1) is 0 Å². The zero-order valence-electron chi connectivity index (χ0n) is 14.1. The number of methoxy groups -OCH3 is 1. The van der Waals surface area contributed by atoms with Gasteiger partial charge >= 0.3 is 0 Å². The molecule has 0 saturated heterocycles. The summed E-state index contributed by atoms with van der Waals surface area (Å²) in [4.78, 5) is 12.4. The standard InChI is InChI=1S/C19H24N2O2/c1-13-6-4-5-7-17(13)21-19(22)16(12-20)10-15-9-8-14(2)18(11-15)23-3/h8-11,13,17H,4-7H2,1-3H3,(H,21,22). The number of amides is 1. The number of carbonyl (C=O) groups excluding carboxylic acids is 1. The minimum atomic E-state index is -0.286. The van der Waals surface area contributed by atoms with Gasteiger partial charge in [-0.2, -0.15) is 5.26 Å². The van der Waals surface area contributed by atoms with Crippen molar-refractivity contribution in [3.8, 4) is 11.8 Å². The molecule has 0 bridgehead atoms. The van der Waals surface area contributed by atoms with Crippen molar-refractivity contribution in [2.45, 2.75) is 45.6 Å². The van der Waals surface area contributed by atoms with Crippen molar-refractivity contribution in [3.63, 3.8) is 0 Å². The molecule has 4 heteroatoms. The van der Waals surface area contributed by atoms with Crippen LogP contribution >= 0.6 is 0 Å². The molecular weight excluding hydrogens is 288 g/mol. The van der Waals surface area contributed by atoms with Crippen LogP contribution in [0.1, 0.15) is 43.7 Å². The molecule has 1 aromatic rings. The third kappa shape index (κ3) is 4.35. The van der Waals surface area contributed by atoms with Gasteiger partial charge in [0.15, 0.2) is 0 Å². The molecule has 122 valence electrons. The zero-order valence-corrected chi connectivity index (χ0v) is 14.1. The monoisotopic (exact) mass is 312 g/mol. The molecule has 1 N–H and O–H groups in total. The predicted octanol–water partition coefficient (Wildman–Crippen LogP) is 3.61. The van der Waals surface area contributed by atoms with Crippen LogP contribution in [0.15, 0.2) is 23.8 Å². The number of carbonyl (C=O) groups is 1. The Labute approximate surface area is 138 Å². The van der Waals surface area contributed by atoms with E-state index in [-0.39, 0.29) is 17.5 Å². The van der Waals surface area contributed by atoms with Gasteiger partial charge in [0.05, 0.1) is 7.11 Å². The number of aryl methyl sites for hydroxylation is 1. The fourth-order valence-corrected chi connectivity index (χ4v) is 3.02. The Morgan fingerprint density at radius 2 is 2.13 bits per heavy atom. The van der Waals surface area contributed by atoms with Gasteiger partial charge in [0.2, 0.25) is 0 Å². The van der Waals surface area contributed by atoms with Crippen molar-refractivity contribution in [1.82, 2.24) is 5.32 Å². The van der Waals surface area contributed by atoms with E-state index >= 15 is 0 Å². The van der Waals surface area contributed by atoms with Gasteiger partial charge in [-0.1, -0.05) is 31.9 Å². The van der Waals surface area contributed by atoms with E-state index in [0.29, 0.717) is 5.92 Å². The first kappa shape index (κ1) is 17.1. The minimum Gasteiger partial charge on any atom is -0.496 e. The highest BCUT2D eigenvalue weighted by Crippen LogP contribution is 2.24. The first-order chi connectivity index (χ1) is 11.0. The van der Waals surface area contributed by atoms with E-state index in [1.165, 1.54) is 6.42 Å². The summed E-state index contributed by atoms with van der Waals surface area (Å²) in [6, 6.07) is 7.82. The maximum Gasteiger partial charge on any atom is 0.262 e. The SMILES string of the molecule is COc1cc(C=C(C#N)C(=O)NC2CCCCC2C)ccc1C. The molecule has 4 nitrogen and oxygen atoms in total. The van der Waals surface area contributed by atoms with Gasteiger partial charge in [0.25, 0.3) is 5.91 Å². The van der Waals surface area contributed by atoms with E-state index < -0.39 is 0 Å². The summed E-state index contributed by atoms with van der Waals surface area (Å²) in [7, 11) is 1.61. The largest absolute Gasteiger partial charge is 0.496 e. The highest BCUT2D eigenvalue weighted by atomic mass is 16.5. The normalized spacial score (nSPS) is 21.4. The van der Waals surface area contributed by atoms with E-state index in [4.69, 9.17) is 4.74 Å². The molecule has 1 amide bonds. The predicted molar refractivity (Wildman–Crippen MR) is 90.9 cm³/mol. The average Bonchev–Trinajstić information content (AvgIpc) is 2.56. The molecule has 0 aliphatic heterocycles. The Morgan fingerprint density at radius 3 is 2.78 bits per heavy atom. The summed E-state index contributed by atoms with van der Waals surface area (Å²) in [5.41, 5.74) is 1.94. The fourth-order valence-electron chi connectivity index (χ4n) is 3.02. The van der Waals surface area contributed by atoms with Crippen molar-refractivity contribution in [1.29, 1.82) is 5.26 Å². The molecule has 1 saturated carbocycles. The molecule has 23 heavy (non-hydrogen) atoms. The molecule has 2 unspecified atom stereocenters. The summed E-state index contributed by atoms with van der Waals surface area (Å²) in [6.45, 7) is 4.11. The summed E-state index contributed by atoms with van der Waals surface area (Å²) in [6.07, 6.45) is 6.09.